The lowest BCUT2D eigenvalue weighted by Crippen LogP contribution is -2.37. The molecule has 0 bridgehead atoms. The lowest BCUT2D eigenvalue weighted by molar-refractivity contribution is -0.870. The Bertz CT molecular complexity index is 1240. The van der Waals surface area contributed by atoms with Crippen molar-refractivity contribution in [2.45, 2.75) is 186 Å². The number of likely N-dealkylation sites (N-methyl/N-ethyl adjacent to an activating group) is 1. The molecular formula is C48H86NO10P. The molecule has 12 heteroatoms. The standard InChI is InChI=1S/C48H86NO10P/c1-6-8-10-11-12-13-14-15-16-17-18-19-20-21-25-28-32-38-47(52)56-42-46(43-58-60(54,55)57-41-40-49(3,4)5)59-48(53)39-33-37-45(51)36-31-27-24-22-23-26-30-35-44(50)34-29-9-7-2/h15-16,23-24,26-27,30-31,35-36,44-46,50-51H,6-14,17-22,25,28-29,32-34,37-43H2,1-5H3/b16-15-,26-23-,27-24-,35-30+,36-31+/t44-,45-,46-/m1/s1. The van der Waals surface area contributed by atoms with Gasteiger partial charge in [-0.2, -0.15) is 0 Å². The number of quaternary nitrogens is 1. The van der Waals surface area contributed by atoms with Crippen LogP contribution in [0.1, 0.15) is 168 Å². The fourth-order valence-electron chi connectivity index (χ4n) is 5.98. The average molecular weight is 868 g/mol. The Morgan fingerprint density at radius 1 is 0.617 bits per heavy atom. The molecule has 0 spiro atoms. The topological polar surface area (TPSA) is 152 Å². The van der Waals surface area contributed by atoms with Crippen LogP contribution in [0.15, 0.2) is 60.8 Å². The van der Waals surface area contributed by atoms with Crippen LogP contribution in [0.3, 0.4) is 0 Å². The quantitative estimate of drug-likeness (QED) is 0.0152. The molecule has 0 aliphatic rings. The van der Waals surface area contributed by atoms with Crippen molar-refractivity contribution in [1.29, 1.82) is 0 Å². The first-order valence-corrected chi connectivity index (χ1v) is 24.7. The molecule has 0 fully saturated rings. The van der Waals surface area contributed by atoms with Gasteiger partial charge in [0.25, 0.3) is 7.82 Å². The largest absolute Gasteiger partial charge is 0.756 e. The maximum atomic E-state index is 12.7. The van der Waals surface area contributed by atoms with Crippen LogP contribution in [0.2, 0.25) is 0 Å². The van der Waals surface area contributed by atoms with Crippen LogP contribution in [0.4, 0.5) is 0 Å². The summed E-state index contributed by atoms with van der Waals surface area (Å²) in [6, 6.07) is 0. The number of aliphatic hydroxyl groups excluding tert-OH is 2. The van der Waals surface area contributed by atoms with Gasteiger partial charge in [-0.05, 0) is 57.8 Å². The molecule has 4 atom stereocenters. The highest BCUT2D eigenvalue weighted by molar-refractivity contribution is 7.45. The predicted octanol–water partition coefficient (Wildman–Crippen LogP) is 10.6. The molecule has 0 rings (SSSR count). The zero-order chi connectivity index (χ0) is 44.6. The third-order valence-electron chi connectivity index (χ3n) is 9.72. The smallest absolute Gasteiger partial charge is 0.306 e. The van der Waals surface area contributed by atoms with E-state index in [-0.39, 0.29) is 26.1 Å². The second kappa shape index (κ2) is 39.5. The number of ether oxygens (including phenoxy) is 2. The maximum Gasteiger partial charge on any atom is 0.306 e. The van der Waals surface area contributed by atoms with Gasteiger partial charge in [-0.25, -0.2) is 0 Å². The summed E-state index contributed by atoms with van der Waals surface area (Å²) in [4.78, 5) is 37.6. The number of carbonyl (C=O) groups excluding carboxylic acids is 2. The first kappa shape index (κ1) is 57.6. The van der Waals surface area contributed by atoms with Crippen LogP contribution in [-0.4, -0.2) is 92.5 Å². The van der Waals surface area contributed by atoms with E-state index in [9.17, 15) is 29.3 Å². The van der Waals surface area contributed by atoms with Gasteiger partial charge < -0.3 is 38.1 Å². The van der Waals surface area contributed by atoms with E-state index >= 15 is 0 Å². The number of esters is 2. The van der Waals surface area contributed by atoms with Crippen molar-refractivity contribution in [2.75, 3.05) is 47.5 Å². The van der Waals surface area contributed by atoms with Crippen molar-refractivity contribution in [2.24, 2.45) is 0 Å². The van der Waals surface area contributed by atoms with E-state index in [4.69, 9.17) is 18.5 Å². The molecule has 60 heavy (non-hydrogen) atoms. The summed E-state index contributed by atoms with van der Waals surface area (Å²) in [5.41, 5.74) is 0. The van der Waals surface area contributed by atoms with Gasteiger partial charge in [-0.15, -0.1) is 0 Å². The fourth-order valence-corrected chi connectivity index (χ4v) is 6.71. The highest BCUT2D eigenvalue weighted by Gasteiger charge is 2.22. The molecule has 0 saturated carbocycles. The van der Waals surface area contributed by atoms with Crippen molar-refractivity contribution in [1.82, 2.24) is 0 Å². The molecule has 0 heterocycles. The van der Waals surface area contributed by atoms with Gasteiger partial charge in [0, 0.05) is 12.8 Å². The molecule has 0 aromatic rings. The molecular weight excluding hydrogens is 781 g/mol. The molecule has 0 saturated heterocycles. The Kier molecular flexibility index (Phi) is 37.9. The number of carbonyl (C=O) groups is 2. The molecule has 0 aliphatic heterocycles. The Morgan fingerprint density at radius 2 is 1.12 bits per heavy atom. The number of hydrogen-bond donors (Lipinski definition) is 2. The predicted molar refractivity (Wildman–Crippen MR) is 243 cm³/mol. The van der Waals surface area contributed by atoms with Crippen LogP contribution in [0.5, 0.6) is 0 Å². The molecule has 0 aromatic carbocycles. The van der Waals surface area contributed by atoms with Crippen LogP contribution >= 0.6 is 7.82 Å². The number of phosphoric ester groups is 1. The van der Waals surface area contributed by atoms with Crippen LogP contribution in [0.25, 0.3) is 0 Å². The molecule has 0 aliphatic carbocycles. The molecule has 0 aromatic heterocycles. The van der Waals surface area contributed by atoms with Crippen LogP contribution in [-0.2, 0) is 32.7 Å². The van der Waals surface area contributed by atoms with Crippen molar-refractivity contribution in [3.63, 3.8) is 0 Å². The van der Waals surface area contributed by atoms with E-state index in [1.54, 1.807) is 18.2 Å². The normalized spacial score (nSPS) is 15.1. The van der Waals surface area contributed by atoms with Gasteiger partial charge in [0.2, 0.25) is 0 Å². The molecule has 348 valence electrons. The lowest BCUT2D eigenvalue weighted by Gasteiger charge is -2.28. The zero-order valence-electron chi connectivity index (χ0n) is 38.4. The molecule has 0 amide bonds. The summed E-state index contributed by atoms with van der Waals surface area (Å²) in [6.45, 7) is 3.84. The Balaban J connectivity index is 4.57. The van der Waals surface area contributed by atoms with Gasteiger partial charge in [0.1, 0.15) is 19.8 Å². The Morgan fingerprint density at radius 3 is 1.68 bits per heavy atom. The first-order valence-electron chi connectivity index (χ1n) is 23.2. The summed E-state index contributed by atoms with van der Waals surface area (Å²) in [7, 11) is 1.01. The summed E-state index contributed by atoms with van der Waals surface area (Å²) < 4.78 is 33.7. The Labute approximate surface area is 365 Å². The van der Waals surface area contributed by atoms with E-state index in [1.807, 2.05) is 51.5 Å². The van der Waals surface area contributed by atoms with E-state index in [1.165, 1.54) is 64.2 Å². The zero-order valence-corrected chi connectivity index (χ0v) is 39.3. The first-order chi connectivity index (χ1) is 28.8. The van der Waals surface area contributed by atoms with E-state index in [2.05, 4.69) is 26.0 Å². The third kappa shape index (κ3) is 42.3. The van der Waals surface area contributed by atoms with Gasteiger partial charge in [-0.1, -0.05) is 158 Å². The Hall–Kier alpha value is -2.37. The highest BCUT2D eigenvalue weighted by Crippen LogP contribution is 2.38. The van der Waals surface area contributed by atoms with Gasteiger partial charge in [0.15, 0.2) is 6.10 Å². The number of phosphoric acid groups is 1. The van der Waals surface area contributed by atoms with Gasteiger partial charge in [0.05, 0.1) is 40.0 Å². The van der Waals surface area contributed by atoms with Gasteiger partial charge >= 0.3 is 11.9 Å². The highest BCUT2D eigenvalue weighted by atomic mass is 31.2. The van der Waals surface area contributed by atoms with Crippen LogP contribution < -0.4 is 4.89 Å². The molecule has 2 N–H and O–H groups in total. The van der Waals surface area contributed by atoms with Crippen molar-refractivity contribution >= 4 is 19.8 Å². The summed E-state index contributed by atoms with van der Waals surface area (Å²) in [5.74, 6) is -1.07. The molecule has 0 radical (unpaired) electrons. The number of allylic oxidation sites excluding steroid dienone is 8. The minimum absolute atomic E-state index is 0.0260. The minimum atomic E-state index is -4.69. The lowest BCUT2D eigenvalue weighted by atomic mass is 10.1. The maximum absolute atomic E-state index is 12.7. The summed E-state index contributed by atoms with van der Waals surface area (Å²) >= 11 is 0. The van der Waals surface area contributed by atoms with Gasteiger partial charge in [-0.3, -0.25) is 14.2 Å². The molecule has 1 unspecified atom stereocenters. The summed E-state index contributed by atoms with van der Waals surface area (Å²) in [6.07, 6.45) is 40.3. The minimum Gasteiger partial charge on any atom is -0.756 e. The van der Waals surface area contributed by atoms with E-state index in [0.717, 1.165) is 51.4 Å². The monoisotopic (exact) mass is 868 g/mol. The number of hydrogen-bond acceptors (Lipinski definition) is 10. The number of unbranched alkanes of at least 4 members (excludes halogenated alkanes) is 15. The average Bonchev–Trinajstić information content (AvgIpc) is 3.19. The second-order valence-corrected chi connectivity index (χ2v) is 18.2. The van der Waals surface area contributed by atoms with E-state index < -0.39 is 44.7 Å². The van der Waals surface area contributed by atoms with Crippen LogP contribution in [0, 0.1) is 0 Å². The van der Waals surface area contributed by atoms with Crippen molar-refractivity contribution < 1.29 is 52.3 Å². The fraction of sp³-hybridized carbons (Fsp3) is 0.750. The number of nitrogens with zero attached hydrogens (tertiary/aromatic N) is 1. The number of aliphatic hydroxyl groups is 2. The second-order valence-electron chi connectivity index (χ2n) is 16.8. The number of rotatable bonds is 41. The molecule has 11 nitrogen and oxygen atoms in total. The van der Waals surface area contributed by atoms with E-state index in [0.29, 0.717) is 36.7 Å². The third-order valence-corrected chi connectivity index (χ3v) is 10.7. The SMILES string of the molecule is CCCCCCCC/C=C\CCCCCCCCCC(=O)OC[C@H](COP(=O)([O-])OCC[N+](C)(C)C)OC(=O)CCC[C@H](O)/C=C/C=C\C/C=C\C=C\[C@H](O)CCCCC. The van der Waals surface area contributed by atoms with Crippen molar-refractivity contribution in [3.8, 4) is 0 Å². The van der Waals surface area contributed by atoms with Crippen molar-refractivity contribution in [3.05, 3.63) is 60.8 Å². The summed E-state index contributed by atoms with van der Waals surface area (Å²) in [5, 5.41) is 20.2.